The van der Waals surface area contributed by atoms with Crippen LogP contribution in [0.2, 0.25) is 0 Å². The number of nitrogens with one attached hydrogen (secondary N) is 1. The number of ether oxygens (including phenoxy) is 1. The second-order valence-corrected chi connectivity index (χ2v) is 3.11. The van der Waals surface area contributed by atoms with Crippen molar-refractivity contribution in [2.75, 3.05) is 19.0 Å². The number of nitro groups is 1. The number of halogens is 3. The molecule has 0 aliphatic rings. The largest absolute Gasteiger partial charge is 0.490 e. The molecule has 0 unspecified atom stereocenters. The number of methoxy groups -OCH3 is 1. The quantitative estimate of drug-likeness (QED) is 0.658. The van der Waals surface area contributed by atoms with Crippen molar-refractivity contribution in [1.29, 1.82) is 0 Å². The summed E-state index contributed by atoms with van der Waals surface area (Å²) >= 11 is 0. The predicted octanol–water partition coefficient (Wildman–Crippen LogP) is 2.58. The summed E-state index contributed by atoms with van der Waals surface area (Å²) in [4.78, 5) is 9.88. The topological polar surface area (TPSA) is 64.4 Å². The van der Waals surface area contributed by atoms with Crippen LogP contribution in [0.15, 0.2) is 18.2 Å². The summed E-state index contributed by atoms with van der Waals surface area (Å²) in [6, 6.07) is 3.50. The molecule has 0 aromatic heterocycles. The van der Waals surface area contributed by atoms with Crippen LogP contribution in [0.1, 0.15) is 0 Å². The van der Waals surface area contributed by atoms with Crippen LogP contribution < -0.4 is 10.1 Å². The third-order valence-corrected chi connectivity index (χ3v) is 1.87. The number of hydrogen-bond acceptors (Lipinski definition) is 4. The molecule has 0 heterocycles. The lowest BCUT2D eigenvalue weighted by Gasteiger charge is -2.10. The second-order valence-electron chi connectivity index (χ2n) is 3.11. The van der Waals surface area contributed by atoms with Crippen LogP contribution in [0, 0.1) is 10.1 Å². The van der Waals surface area contributed by atoms with Gasteiger partial charge < -0.3 is 10.1 Å². The fourth-order valence-corrected chi connectivity index (χ4v) is 1.14. The van der Waals surface area contributed by atoms with Crippen molar-refractivity contribution in [3.8, 4) is 5.75 Å². The molecule has 1 rings (SSSR count). The fourth-order valence-electron chi connectivity index (χ4n) is 1.14. The smallest absolute Gasteiger partial charge is 0.405 e. The van der Waals surface area contributed by atoms with Gasteiger partial charge in [0, 0.05) is 11.8 Å². The molecule has 0 fully saturated rings. The average molecular weight is 250 g/mol. The van der Waals surface area contributed by atoms with Crippen molar-refractivity contribution in [1.82, 2.24) is 0 Å². The monoisotopic (exact) mass is 250 g/mol. The SMILES string of the molecule is COc1ccc(NCC(F)(F)F)cc1[N+](=O)[O-]. The highest BCUT2D eigenvalue weighted by Gasteiger charge is 2.27. The first-order valence-corrected chi connectivity index (χ1v) is 4.46. The Morgan fingerprint density at radius 2 is 2.12 bits per heavy atom. The summed E-state index contributed by atoms with van der Waals surface area (Å²) in [5, 5.41) is 12.7. The van der Waals surface area contributed by atoms with E-state index in [0.29, 0.717) is 0 Å². The van der Waals surface area contributed by atoms with Gasteiger partial charge in [0.1, 0.15) is 6.54 Å². The lowest BCUT2D eigenvalue weighted by molar-refractivity contribution is -0.385. The second kappa shape index (κ2) is 4.89. The average Bonchev–Trinajstić information content (AvgIpc) is 2.25. The lowest BCUT2D eigenvalue weighted by Crippen LogP contribution is -2.21. The van der Waals surface area contributed by atoms with Crippen molar-refractivity contribution < 1.29 is 22.8 Å². The first-order valence-electron chi connectivity index (χ1n) is 4.46. The maximum atomic E-state index is 11.9. The first-order chi connectivity index (χ1) is 7.83. The highest BCUT2D eigenvalue weighted by atomic mass is 19.4. The van der Waals surface area contributed by atoms with Crippen molar-refractivity contribution >= 4 is 11.4 Å². The Hall–Kier alpha value is -1.99. The number of hydrogen-bond donors (Lipinski definition) is 1. The van der Waals surface area contributed by atoms with Gasteiger partial charge in [-0.15, -0.1) is 0 Å². The van der Waals surface area contributed by atoms with Gasteiger partial charge in [0.2, 0.25) is 0 Å². The lowest BCUT2D eigenvalue weighted by atomic mass is 10.2. The molecule has 1 aromatic rings. The predicted molar refractivity (Wildman–Crippen MR) is 54.2 cm³/mol. The van der Waals surface area contributed by atoms with Crippen LogP contribution in [0.5, 0.6) is 5.75 Å². The summed E-state index contributed by atoms with van der Waals surface area (Å²) < 4.78 is 40.5. The fraction of sp³-hybridized carbons (Fsp3) is 0.333. The minimum absolute atomic E-state index is 0.00689. The van der Waals surface area contributed by atoms with E-state index in [0.717, 1.165) is 6.07 Å². The summed E-state index contributed by atoms with van der Waals surface area (Å²) in [7, 11) is 1.24. The molecule has 1 aromatic carbocycles. The zero-order valence-corrected chi connectivity index (χ0v) is 8.75. The van der Waals surface area contributed by atoms with Crippen molar-refractivity contribution in [2.24, 2.45) is 0 Å². The van der Waals surface area contributed by atoms with Gasteiger partial charge in [-0.1, -0.05) is 0 Å². The summed E-state index contributed by atoms with van der Waals surface area (Å²) in [6.45, 7) is -1.25. The first kappa shape index (κ1) is 13.1. The van der Waals surface area contributed by atoms with Crippen LogP contribution in [0.3, 0.4) is 0 Å². The molecule has 94 valence electrons. The molecular weight excluding hydrogens is 241 g/mol. The number of alkyl halides is 3. The molecule has 0 atom stereocenters. The maximum Gasteiger partial charge on any atom is 0.405 e. The van der Waals surface area contributed by atoms with Gasteiger partial charge in [-0.3, -0.25) is 10.1 Å². The van der Waals surface area contributed by atoms with E-state index in [2.05, 4.69) is 0 Å². The highest BCUT2D eigenvalue weighted by molar-refractivity contribution is 5.58. The molecular formula is C9H9F3N2O3. The Labute approximate surface area is 94.3 Å². The number of nitrogens with zero attached hydrogens (tertiary/aromatic N) is 1. The minimum Gasteiger partial charge on any atom is -0.490 e. The standard InChI is InChI=1S/C9H9F3N2O3/c1-17-8-3-2-6(4-7(8)14(15)16)13-5-9(10,11)12/h2-4,13H,5H2,1H3. The molecule has 17 heavy (non-hydrogen) atoms. The Morgan fingerprint density at radius 1 is 1.47 bits per heavy atom. The molecule has 0 saturated carbocycles. The van der Waals surface area contributed by atoms with E-state index in [1.54, 1.807) is 0 Å². The van der Waals surface area contributed by atoms with Gasteiger partial charge in [0.05, 0.1) is 12.0 Å². The van der Waals surface area contributed by atoms with Crippen LogP contribution in [0.25, 0.3) is 0 Å². The third kappa shape index (κ3) is 3.82. The van der Waals surface area contributed by atoms with Crippen LogP contribution in [-0.4, -0.2) is 24.8 Å². The number of nitro benzene ring substituents is 1. The van der Waals surface area contributed by atoms with Crippen LogP contribution in [-0.2, 0) is 0 Å². The van der Waals surface area contributed by atoms with E-state index in [1.807, 2.05) is 5.32 Å². The molecule has 0 bridgehead atoms. The Kier molecular flexibility index (Phi) is 3.77. The molecule has 0 radical (unpaired) electrons. The zero-order valence-electron chi connectivity index (χ0n) is 8.75. The zero-order chi connectivity index (χ0) is 13.1. The van der Waals surface area contributed by atoms with Gasteiger partial charge in [0.15, 0.2) is 5.75 Å². The van der Waals surface area contributed by atoms with E-state index in [4.69, 9.17) is 4.74 Å². The van der Waals surface area contributed by atoms with Crippen molar-refractivity contribution in [3.63, 3.8) is 0 Å². The molecule has 0 spiro atoms. The Morgan fingerprint density at radius 3 is 2.59 bits per heavy atom. The van der Waals surface area contributed by atoms with Gasteiger partial charge in [-0.05, 0) is 12.1 Å². The van der Waals surface area contributed by atoms with E-state index in [9.17, 15) is 23.3 Å². The van der Waals surface area contributed by atoms with E-state index >= 15 is 0 Å². The molecule has 8 heteroatoms. The van der Waals surface area contributed by atoms with Gasteiger partial charge in [0.25, 0.3) is 0 Å². The van der Waals surface area contributed by atoms with Crippen molar-refractivity contribution in [2.45, 2.75) is 6.18 Å². The van der Waals surface area contributed by atoms with Crippen molar-refractivity contribution in [3.05, 3.63) is 28.3 Å². The molecule has 0 amide bonds. The molecule has 5 nitrogen and oxygen atoms in total. The highest BCUT2D eigenvalue weighted by Crippen LogP contribution is 2.30. The number of rotatable bonds is 4. The number of anilines is 1. The number of benzene rings is 1. The molecule has 0 saturated heterocycles. The summed E-state index contributed by atoms with van der Waals surface area (Å²) in [5.41, 5.74) is -0.380. The Bertz CT molecular complexity index is 420. The van der Waals surface area contributed by atoms with E-state index in [-0.39, 0.29) is 17.1 Å². The van der Waals surface area contributed by atoms with Crippen LogP contribution in [0.4, 0.5) is 24.5 Å². The summed E-state index contributed by atoms with van der Waals surface area (Å²) in [6.07, 6.45) is -4.38. The minimum atomic E-state index is -4.38. The van der Waals surface area contributed by atoms with Crippen LogP contribution >= 0.6 is 0 Å². The van der Waals surface area contributed by atoms with Gasteiger partial charge in [-0.25, -0.2) is 0 Å². The third-order valence-electron chi connectivity index (χ3n) is 1.87. The van der Waals surface area contributed by atoms with Gasteiger partial charge >= 0.3 is 11.9 Å². The van der Waals surface area contributed by atoms with E-state index < -0.39 is 17.6 Å². The normalized spacial score (nSPS) is 11.1. The molecule has 1 N–H and O–H groups in total. The van der Waals surface area contributed by atoms with E-state index in [1.165, 1.54) is 19.2 Å². The Balaban J connectivity index is 2.89. The maximum absolute atomic E-state index is 11.9. The molecule has 0 aliphatic carbocycles. The summed E-state index contributed by atoms with van der Waals surface area (Å²) in [5.74, 6) is -0.00689. The van der Waals surface area contributed by atoms with Gasteiger partial charge in [-0.2, -0.15) is 13.2 Å². The molecule has 0 aliphatic heterocycles.